The van der Waals surface area contributed by atoms with E-state index in [9.17, 15) is 4.79 Å². The predicted octanol–water partition coefficient (Wildman–Crippen LogP) is 1.86. The second-order valence-electron chi connectivity index (χ2n) is 5.81. The Labute approximate surface area is 138 Å². The van der Waals surface area contributed by atoms with Gasteiger partial charge in [-0.2, -0.15) is 0 Å². The number of para-hydroxylation sites is 1. The number of hydrogen-bond acceptors (Lipinski definition) is 5. The summed E-state index contributed by atoms with van der Waals surface area (Å²) in [5, 5.41) is 9.00. The maximum Gasteiger partial charge on any atom is 0.249 e. The van der Waals surface area contributed by atoms with Crippen molar-refractivity contribution < 1.29 is 13.9 Å². The highest BCUT2D eigenvalue weighted by Gasteiger charge is 2.20. The fourth-order valence-electron chi connectivity index (χ4n) is 3.01. The topological polar surface area (TPSA) is 73.4 Å². The molecular weight excluding hydrogens is 308 g/mol. The molecule has 3 heterocycles. The van der Waals surface area contributed by atoms with E-state index < -0.39 is 0 Å². The molecule has 2 aromatic heterocycles. The third-order valence-electron chi connectivity index (χ3n) is 4.21. The molecule has 1 amide bonds. The van der Waals surface area contributed by atoms with Crippen LogP contribution in [0.4, 0.5) is 0 Å². The SMILES string of the molecule is Cc1nnc(-c2cn(CC(=O)N3CCOCC3)c3ccccc23)o1. The number of amides is 1. The Balaban J connectivity index is 1.69. The number of carbonyl (C=O) groups is 1. The molecular formula is C17H18N4O3. The molecule has 0 N–H and O–H groups in total. The Bertz CT molecular complexity index is 877. The zero-order valence-electron chi connectivity index (χ0n) is 13.4. The molecule has 0 bridgehead atoms. The van der Waals surface area contributed by atoms with Crippen LogP contribution in [-0.2, 0) is 16.1 Å². The van der Waals surface area contributed by atoms with Gasteiger partial charge in [-0.3, -0.25) is 4.79 Å². The molecule has 1 saturated heterocycles. The number of morpholine rings is 1. The zero-order valence-corrected chi connectivity index (χ0v) is 13.4. The first-order valence-electron chi connectivity index (χ1n) is 7.96. The number of ether oxygens (including phenoxy) is 1. The number of benzene rings is 1. The average Bonchev–Trinajstić information content (AvgIpc) is 3.20. The van der Waals surface area contributed by atoms with E-state index in [0.717, 1.165) is 16.5 Å². The first-order valence-corrected chi connectivity index (χ1v) is 7.96. The molecule has 1 fully saturated rings. The second kappa shape index (κ2) is 6.09. The maximum absolute atomic E-state index is 12.6. The van der Waals surface area contributed by atoms with Gasteiger partial charge in [0.05, 0.1) is 18.8 Å². The molecule has 0 atom stereocenters. The van der Waals surface area contributed by atoms with Gasteiger partial charge in [0.15, 0.2) is 0 Å². The van der Waals surface area contributed by atoms with Crippen molar-refractivity contribution in [2.24, 2.45) is 0 Å². The molecule has 7 heteroatoms. The molecule has 3 aromatic rings. The Morgan fingerprint density at radius 1 is 1.21 bits per heavy atom. The molecule has 0 radical (unpaired) electrons. The Kier molecular flexibility index (Phi) is 3.78. The molecule has 1 aliphatic rings. The number of hydrogen-bond donors (Lipinski definition) is 0. The van der Waals surface area contributed by atoms with Crippen molar-refractivity contribution in [2.45, 2.75) is 13.5 Å². The summed E-state index contributed by atoms with van der Waals surface area (Å²) in [6.07, 6.45) is 1.91. The summed E-state index contributed by atoms with van der Waals surface area (Å²) in [7, 11) is 0. The number of carbonyl (C=O) groups excluding carboxylic acids is 1. The van der Waals surface area contributed by atoms with Gasteiger partial charge in [0, 0.05) is 37.1 Å². The van der Waals surface area contributed by atoms with Gasteiger partial charge in [0.25, 0.3) is 0 Å². The Hall–Kier alpha value is -2.67. The van der Waals surface area contributed by atoms with Gasteiger partial charge in [-0.05, 0) is 6.07 Å². The molecule has 0 unspecified atom stereocenters. The minimum atomic E-state index is 0.0901. The van der Waals surface area contributed by atoms with Crippen molar-refractivity contribution in [3.63, 3.8) is 0 Å². The largest absolute Gasteiger partial charge is 0.421 e. The van der Waals surface area contributed by atoms with Crippen LogP contribution in [-0.4, -0.2) is 51.9 Å². The number of fused-ring (bicyclic) bond motifs is 1. The van der Waals surface area contributed by atoms with E-state index in [1.165, 1.54) is 0 Å². The van der Waals surface area contributed by atoms with Crippen molar-refractivity contribution in [1.82, 2.24) is 19.7 Å². The van der Waals surface area contributed by atoms with E-state index in [4.69, 9.17) is 9.15 Å². The Morgan fingerprint density at radius 2 is 2.00 bits per heavy atom. The second-order valence-corrected chi connectivity index (χ2v) is 5.81. The zero-order chi connectivity index (χ0) is 16.5. The van der Waals surface area contributed by atoms with Crippen molar-refractivity contribution in [2.75, 3.05) is 26.3 Å². The van der Waals surface area contributed by atoms with Crippen molar-refractivity contribution >= 4 is 16.8 Å². The highest BCUT2D eigenvalue weighted by molar-refractivity contribution is 5.94. The monoisotopic (exact) mass is 326 g/mol. The van der Waals surface area contributed by atoms with E-state index in [-0.39, 0.29) is 12.5 Å². The number of aromatic nitrogens is 3. The van der Waals surface area contributed by atoms with Crippen LogP contribution in [0, 0.1) is 6.92 Å². The van der Waals surface area contributed by atoms with Crippen LogP contribution in [0.15, 0.2) is 34.9 Å². The normalized spacial score (nSPS) is 15.1. The molecule has 1 aromatic carbocycles. The Morgan fingerprint density at radius 3 is 2.75 bits per heavy atom. The smallest absolute Gasteiger partial charge is 0.249 e. The predicted molar refractivity (Wildman–Crippen MR) is 87.4 cm³/mol. The van der Waals surface area contributed by atoms with Crippen LogP contribution in [0.3, 0.4) is 0 Å². The van der Waals surface area contributed by atoms with Gasteiger partial charge >= 0.3 is 0 Å². The summed E-state index contributed by atoms with van der Waals surface area (Å²) in [5.74, 6) is 1.08. The fraction of sp³-hybridized carbons (Fsp3) is 0.353. The quantitative estimate of drug-likeness (QED) is 0.734. The van der Waals surface area contributed by atoms with Crippen LogP contribution in [0.1, 0.15) is 5.89 Å². The van der Waals surface area contributed by atoms with Crippen LogP contribution in [0.5, 0.6) is 0 Å². The molecule has 0 saturated carbocycles. The summed E-state index contributed by atoms with van der Waals surface area (Å²) < 4.78 is 12.8. The summed E-state index contributed by atoms with van der Waals surface area (Å²) >= 11 is 0. The number of rotatable bonds is 3. The average molecular weight is 326 g/mol. The molecule has 24 heavy (non-hydrogen) atoms. The lowest BCUT2D eigenvalue weighted by molar-refractivity contribution is -0.135. The minimum absolute atomic E-state index is 0.0901. The summed E-state index contributed by atoms with van der Waals surface area (Å²) in [5.41, 5.74) is 1.82. The van der Waals surface area contributed by atoms with Gasteiger partial charge in [-0.15, -0.1) is 10.2 Å². The summed E-state index contributed by atoms with van der Waals surface area (Å²) in [6, 6.07) is 7.92. The summed E-state index contributed by atoms with van der Waals surface area (Å²) in [6.45, 7) is 4.54. The van der Waals surface area contributed by atoms with E-state index in [1.807, 2.05) is 39.9 Å². The fourth-order valence-corrected chi connectivity index (χ4v) is 3.01. The lowest BCUT2D eigenvalue weighted by atomic mass is 10.2. The van der Waals surface area contributed by atoms with E-state index in [0.29, 0.717) is 38.1 Å². The first kappa shape index (κ1) is 14.9. The summed E-state index contributed by atoms with van der Waals surface area (Å²) in [4.78, 5) is 14.4. The molecule has 0 spiro atoms. The van der Waals surface area contributed by atoms with Crippen molar-refractivity contribution in [3.8, 4) is 11.5 Å². The van der Waals surface area contributed by atoms with Crippen LogP contribution >= 0.6 is 0 Å². The highest BCUT2D eigenvalue weighted by Crippen LogP contribution is 2.29. The van der Waals surface area contributed by atoms with E-state index >= 15 is 0 Å². The molecule has 124 valence electrons. The molecule has 4 rings (SSSR count). The van der Waals surface area contributed by atoms with Crippen LogP contribution in [0.2, 0.25) is 0 Å². The molecule has 1 aliphatic heterocycles. The van der Waals surface area contributed by atoms with Gasteiger partial charge in [0.1, 0.15) is 6.54 Å². The van der Waals surface area contributed by atoms with Crippen LogP contribution in [0.25, 0.3) is 22.4 Å². The van der Waals surface area contributed by atoms with Gasteiger partial charge in [-0.25, -0.2) is 0 Å². The molecule has 7 nitrogen and oxygen atoms in total. The van der Waals surface area contributed by atoms with E-state index in [2.05, 4.69) is 10.2 Å². The van der Waals surface area contributed by atoms with Crippen LogP contribution < -0.4 is 0 Å². The van der Waals surface area contributed by atoms with Gasteiger partial charge < -0.3 is 18.6 Å². The van der Waals surface area contributed by atoms with Crippen molar-refractivity contribution in [1.29, 1.82) is 0 Å². The van der Waals surface area contributed by atoms with Gasteiger partial charge in [0.2, 0.25) is 17.7 Å². The minimum Gasteiger partial charge on any atom is -0.421 e. The highest BCUT2D eigenvalue weighted by atomic mass is 16.5. The lowest BCUT2D eigenvalue weighted by Gasteiger charge is -2.27. The van der Waals surface area contributed by atoms with Crippen molar-refractivity contribution in [3.05, 3.63) is 36.4 Å². The third kappa shape index (κ3) is 2.67. The standard InChI is InChI=1S/C17H18N4O3/c1-12-18-19-17(24-12)14-10-21(15-5-3-2-4-13(14)15)11-16(22)20-6-8-23-9-7-20/h2-5,10H,6-9,11H2,1H3. The van der Waals surface area contributed by atoms with E-state index in [1.54, 1.807) is 6.92 Å². The van der Waals surface area contributed by atoms with Gasteiger partial charge in [-0.1, -0.05) is 18.2 Å². The maximum atomic E-state index is 12.6. The molecule has 0 aliphatic carbocycles. The number of nitrogens with zero attached hydrogens (tertiary/aromatic N) is 4. The third-order valence-corrected chi connectivity index (χ3v) is 4.21. The lowest BCUT2D eigenvalue weighted by Crippen LogP contribution is -2.42. The first-order chi connectivity index (χ1) is 11.7. The number of aryl methyl sites for hydroxylation is 1.